The number of hydrogen-bond acceptors (Lipinski definition) is 3. The third-order valence-corrected chi connectivity index (χ3v) is 3.72. The number of aromatic hydroxyl groups is 1. The highest BCUT2D eigenvalue weighted by molar-refractivity contribution is 5.41. The SMILES string of the molecule is CC1(C)Cc2cc(CNCc3ccc(O)cc3)ccc2O1. The van der Waals surface area contributed by atoms with Crippen molar-refractivity contribution < 1.29 is 9.84 Å². The van der Waals surface area contributed by atoms with Gasteiger partial charge in [0, 0.05) is 19.5 Å². The Morgan fingerprint density at radius 1 is 1.05 bits per heavy atom. The summed E-state index contributed by atoms with van der Waals surface area (Å²) in [6.07, 6.45) is 0.966. The zero-order chi connectivity index (χ0) is 14.9. The van der Waals surface area contributed by atoms with Crippen LogP contribution in [0.2, 0.25) is 0 Å². The van der Waals surface area contributed by atoms with Crippen molar-refractivity contribution in [2.24, 2.45) is 0 Å². The van der Waals surface area contributed by atoms with Crippen LogP contribution in [-0.4, -0.2) is 10.7 Å². The summed E-state index contributed by atoms with van der Waals surface area (Å²) in [5.74, 6) is 1.32. The van der Waals surface area contributed by atoms with Gasteiger partial charge in [-0.25, -0.2) is 0 Å². The topological polar surface area (TPSA) is 41.5 Å². The maximum Gasteiger partial charge on any atom is 0.123 e. The predicted molar refractivity (Wildman–Crippen MR) is 83.5 cm³/mol. The molecule has 2 N–H and O–H groups in total. The average molecular weight is 283 g/mol. The van der Waals surface area contributed by atoms with Gasteiger partial charge in [0.05, 0.1) is 0 Å². The molecule has 3 heteroatoms. The molecule has 0 saturated heterocycles. The normalized spacial score (nSPS) is 15.5. The Morgan fingerprint density at radius 2 is 1.71 bits per heavy atom. The zero-order valence-corrected chi connectivity index (χ0v) is 12.5. The number of nitrogens with one attached hydrogen (secondary N) is 1. The second-order valence-corrected chi connectivity index (χ2v) is 6.25. The van der Waals surface area contributed by atoms with Crippen LogP contribution in [0.3, 0.4) is 0 Å². The first-order chi connectivity index (χ1) is 10.0. The molecule has 3 nitrogen and oxygen atoms in total. The molecule has 0 amide bonds. The van der Waals surface area contributed by atoms with Crippen molar-refractivity contribution in [1.29, 1.82) is 0 Å². The molecule has 0 aromatic heterocycles. The van der Waals surface area contributed by atoms with Gasteiger partial charge in [-0.15, -0.1) is 0 Å². The van der Waals surface area contributed by atoms with Crippen molar-refractivity contribution in [3.8, 4) is 11.5 Å². The van der Waals surface area contributed by atoms with E-state index in [4.69, 9.17) is 4.74 Å². The number of phenols is 1. The Labute approximate surface area is 125 Å². The summed E-state index contributed by atoms with van der Waals surface area (Å²) in [5.41, 5.74) is 3.65. The van der Waals surface area contributed by atoms with Crippen molar-refractivity contribution >= 4 is 0 Å². The number of fused-ring (bicyclic) bond motifs is 1. The van der Waals surface area contributed by atoms with E-state index in [1.807, 2.05) is 12.1 Å². The fourth-order valence-corrected chi connectivity index (χ4v) is 2.74. The van der Waals surface area contributed by atoms with Gasteiger partial charge in [0.1, 0.15) is 17.1 Å². The van der Waals surface area contributed by atoms with Crippen molar-refractivity contribution in [2.75, 3.05) is 0 Å². The van der Waals surface area contributed by atoms with Crippen LogP contribution in [0.25, 0.3) is 0 Å². The quantitative estimate of drug-likeness (QED) is 0.903. The van der Waals surface area contributed by atoms with Crippen LogP contribution >= 0.6 is 0 Å². The molecule has 2 aromatic rings. The van der Waals surface area contributed by atoms with E-state index in [0.717, 1.165) is 25.3 Å². The molecule has 2 aromatic carbocycles. The van der Waals surface area contributed by atoms with E-state index < -0.39 is 0 Å². The van der Waals surface area contributed by atoms with E-state index in [2.05, 4.69) is 37.4 Å². The van der Waals surface area contributed by atoms with Crippen molar-refractivity contribution in [2.45, 2.75) is 39.0 Å². The minimum absolute atomic E-state index is 0.0829. The maximum atomic E-state index is 9.26. The molecule has 1 aliphatic rings. The average Bonchev–Trinajstić information content (AvgIpc) is 2.74. The minimum atomic E-state index is -0.0829. The molecule has 0 spiro atoms. The molecule has 0 unspecified atom stereocenters. The molecule has 1 aliphatic heterocycles. The Bertz CT molecular complexity index is 632. The smallest absolute Gasteiger partial charge is 0.123 e. The van der Waals surface area contributed by atoms with Gasteiger partial charge in [-0.05, 0) is 48.7 Å². The number of phenolic OH excluding ortho intramolecular Hbond substituents is 1. The lowest BCUT2D eigenvalue weighted by atomic mass is 10.0. The number of hydrogen-bond donors (Lipinski definition) is 2. The van der Waals surface area contributed by atoms with Crippen molar-refractivity contribution in [3.63, 3.8) is 0 Å². The number of rotatable bonds is 4. The largest absolute Gasteiger partial charge is 0.508 e. The van der Waals surface area contributed by atoms with Crippen LogP contribution in [0.15, 0.2) is 42.5 Å². The lowest BCUT2D eigenvalue weighted by Crippen LogP contribution is -2.24. The van der Waals surface area contributed by atoms with Crippen LogP contribution < -0.4 is 10.1 Å². The molecule has 21 heavy (non-hydrogen) atoms. The molecular formula is C18H21NO2. The van der Waals surface area contributed by atoms with E-state index in [1.165, 1.54) is 16.7 Å². The predicted octanol–water partition coefficient (Wildman–Crippen LogP) is 3.40. The molecule has 0 radical (unpaired) electrons. The van der Waals surface area contributed by atoms with Gasteiger partial charge in [-0.2, -0.15) is 0 Å². The highest BCUT2D eigenvalue weighted by atomic mass is 16.5. The van der Waals surface area contributed by atoms with E-state index >= 15 is 0 Å². The third kappa shape index (κ3) is 3.37. The summed E-state index contributed by atoms with van der Waals surface area (Å²) in [5, 5.41) is 12.7. The first kappa shape index (κ1) is 14.0. The van der Waals surface area contributed by atoms with E-state index in [1.54, 1.807) is 12.1 Å². The minimum Gasteiger partial charge on any atom is -0.508 e. The van der Waals surface area contributed by atoms with E-state index in [-0.39, 0.29) is 5.60 Å². The van der Waals surface area contributed by atoms with E-state index in [9.17, 15) is 5.11 Å². The fraction of sp³-hybridized carbons (Fsp3) is 0.333. The lowest BCUT2D eigenvalue weighted by Gasteiger charge is -2.16. The van der Waals surface area contributed by atoms with Gasteiger partial charge >= 0.3 is 0 Å². The molecule has 110 valence electrons. The van der Waals surface area contributed by atoms with Gasteiger partial charge in [-0.1, -0.05) is 24.3 Å². The molecule has 0 saturated carbocycles. The first-order valence-corrected chi connectivity index (χ1v) is 7.31. The monoisotopic (exact) mass is 283 g/mol. The number of benzene rings is 2. The lowest BCUT2D eigenvalue weighted by molar-refractivity contribution is 0.138. The second kappa shape index (κ2) is 5.41. The summed E-state index contributed by atoms with van der Waals surface area (Å²) < 4.78 is 5.89. The van der Waals surface area contributed by atoms with Gasteiger partial charge < -0.3 is 15.2 Å². The second-order valence-electron chi connectivity index (χ2n) is 6.25. The Hall–Kier alpha value is -2.00. The van der Waals surface area contributed by atoms with E-state index in [0.29, 0.717) is 5.75 Å². The molecule has 0 bridgehead atoms. The highest BCUT2D eigenvalue weighted by Gasteiger charge is 2.29. The standard InChI is InChI=1S/C18H21NO2/c1-18(2)10-15-9-14(5-8-17(15)21-18)12-19-11-13-3-6-16(20)7-4-13/h3-9,19-20H,10-12H2,1-2H3. The molecule has 1 heterocycles. The molecular weight excluding hydrogens is 262 g/mol. The van der Waals surface area contributed by atoms with Crippen LogP contribution in [-0.2, 0) is 19.5 Å². The van der Waals surface area contributed by atoms with Crippen molar-refractivity contribution in [1.82, 2.24) is 5.32 Å². The fourth-order valence-electron chi connectivity index (χ4n) is 2.74. The highest BCUT2D eigenvalue weighted by Crippen LogP contribution is 2.35. The zero-order valence-electron chi connectivity index (χ0n) is 12.5. The summed E-state index contributed by atoms with van der Waals surface area (Å²) >= 11 is 0. The molecule has 3 rings (SSSR count). The van der Waals surface area contributed by atoms with Crippen LogP contribution in [0.5, 0.6) is 11.5 Å². The summed E-state index contributed by atoms with van der Waals surface area (Å²) in [4.78, 5) is 0. The van der Waals surface area contributed by atoms with Crippen LogP contribution in [0, 0.1) is 0 Å². The molecule has 0 aliphatic carbocycles. The summed E-state index contributed by atoms with van der Waals surface area (Å²) in [6, 6.07) is 13.7. The van der Waals surface area contributed by atoms with Gasteiger partial charge in [0.15, 0.2) is 0 Å². The first-order valence-electron chi connectivity index (χ1n) is 7.31. The Balaban J connectivity index is 1.58. The molecule has 0 fully saturated rings. The Kier molecular flexibility index (Phi) is 3.60. The van der Waals surface area contributed by atoms with Gasteiger partial charge in [0.2, 0.25) is 0 Å². The maximum absolute atomic E-state index is 9.26. The van der Waals surface area contributed by atoms with Crippen molar-refractivity contribution in [3.05, 3.63) is 59.2 Å². The van der Waals surface area contributed by atoms with Gasteiger partial charge in [-0.3, -0.25) is 0 Å². The number of ether oxygens (including phenoxy) is 1. The molecule has 0 atom stereocenters. The van der Waals surface area contributed by atoms with Crippen LogP contribution in [0.4, 0.5) is 0 Å². The van der Waals surface area contributed by atoms with Crippen LogP contribution in [0.1, 0.15) is 30.5 Å². The Morgan fingerprint density at radius 3 is 2.48 bits per heavy atom. The summed E-state index contributed by atoms with van der Waals surface area (Å²) in [6.45, 7) is 5.86. The third-order valence-electron chi connectivity index (χ3n) is 3.72. The summed E-state index contributed by atoms with van der Waals surface area (Å²) in [7, 11) is 0. The van der Waals surface area contributed by atoms with Gasteiger partial charge in [0.25, 0.3) is 0 Å².